The summed E-state index contributed by atoms with van der Waals surface area (Å²) in [5.74, 6) is 0.846. The summed E-state index contributed by atoms with van der Waals surface area (Å²) < 4.78 is 5.89. The Morgan fingerprint density at radius 3 is 2.38 bits per heavy atom. The molecule has 2 aliphatic rings. The third-order valence-corrected chi connectivity index (χ3v) is 3.87. The summed E-state index contributed by atoms with van der Waals surface area (Å²) in [7, 11) is 0. The second-order valence-corrected chi connectivity index (χ2v) is 5.17. The molecular formula is C13H30N2O. The van der Waals surface area contributed by atoms with Gasteiger partial charge in [0.2, 0.25) is 0 Å². The van der Waals surface area contributed by atoms with Gasteiger partial charge in [0.15, 0.2) is 0 Å². The van der Waals surface area contributed by atoms with E-state index in [2.05, 4.69) is 11.8 Å². The largest absolute Gasteiger partial charge is 0.378 e. The molecule has 98 valence electrons. The molecular weight excluding hydrogens is 200 g/mol. The second-order valence-electron chi connectivity index (χ2n) is 5.17. The minimum Gasteiger partial charge on any atom is -0.378 e. The zero-order chi connectivity index (χ0) is 10.5. The molecule has 0 unspecified atom stereocenters. The van der Waals surface area contributed by atoms with Gasteiger partial charge in [0.1, 0.15) is 0 Å². The molecule has 3 nitrogen and oxygen atoms in total. The number of ether oxygens (including phenoxy) is 1. The fourth-order valence-electron chi connectivity index (χ4n) is 2.50. The van der Waals surface area contributed by atoms with E-state index in [1.807, 2.05) is 0 Å². The third-order valence-electron chi connectivity index (χ3n) is 3.87. The summed E-state index contributed by atoms with van der Waals surface area (Å²) in [4.78, 5) is 2.60. The van der Waals surface area contributed by atoms with Gasteiger partial charge in [-0.25, -0.2) is 0 Å². The molecule has 0 spiro atoms. The quantitative estimate of drug-likeness (QED) is 0.789. The van der Waals surface area contributed by atoms with Gasteiger partial charge in [-0.2, -0.15) is 0 Å². The Morgan fingerprint density at radius 2 is 1.88 bits per heavy atom. The van der Waals surface area contributed by atoms with Crippen LogP contribution >= 0.6 is 0 Å². The van der Waals surface area contributed by atoms with Gasteiger partial charge >= 0.3 is 0 Å². The van der Waals surface area contributed by atoms with E-state index in [1.54, 1.807) is 0 Å². The summed E-state index contributed by atoms with van der Waals surface area (Å²) in [6.07, 6.45) is 8.64. The van der Waals surface area contributed by atoms with Crippen LogP contribution in [0.25, 0.3) is 0 Å². The molecule has 3 N–H and O–H groups in total. The maximum absolute atomic E-state index is 5.89. The molecule has 1 heterocycles. The fourth-order valence-corrected chi connectivity index (χ4v) is 2.50. The lowest BCUT2D eigenvalue weighted by molar-refractivity contribution is -0.0258. The van der Waals surface area contributed by atoms with Gasteiger partial charge in [-0.15, -0.1) is 0 Å². The van der Waals surface area contributed by atoms with E-state index in [4.69, 9.17) is 4.74 Å². The maximum atomic E-state index is 5.89. The van der Waals surface area contributed by atoms with Gasteiger partial charge in [-0.1, -0.05) is 6.92 Å². The van der Waals surface area contributed by atoms with Crippen molar-refractivity contribution in [3.8, 4) is 0 Å². The first-order chi connectivity index (χ1) is 7.38. The lowest BCUT2D eigenvalue weighted by Gasteiger charge is -2.33. The van der Waals surface area contributed by atoms with Gasteiger partial charge in [-0.3, -0.25) is 0 Å². The van der Waals surface area contributed by atoms with Gasteiger partial charge < -0.3 is 15.8 Å². The zero-order valence-electron chi connectivity index (χ0n) is 10.8. The molecule has 0 bridgehead atoms. The van der Waals surface area contributed by atoms with Crippen LogP contribution in [0.3, 0.4) is 0 Å². The average molecular weight is 230 g/mol. The van der Waals surface area contributed by atoms with Gasteiger partial charge in [0.05, 0.1) is 6.10 Å². The van der Waals surface area contributed by atoms with Crippen molar-refractivity contribution in [2.45, 2.75) is 51.6 Å². The minimum atomic E-state index is 0. The molecule has 1 saturated carbocycles. The molecule has 1 aliphatic heterocycles. The van der Waals surface area contributed by atoms with Crippen molar-refractivity contribution in [3.63, 3.8) is 0 Å². The van der Waals surface area contributed by atoms with Crippen LogP contribution in [-0.2, 0) is 4.74 Å². The highest BCUT2D eigenvalue weighted by Gasteiger charge is 2.22. The number of likely N-dealkylation sites (tertiary alicyclic amines) is 1. The van der Waals surface area contributed by atoms with Gasteiger partial charge in [0, 0.05) is 8.03 Å². The van der Waals surface area contributed by atoms with Crippen molar-refractivity contribution >= 4 is 0 Å². The van der Waals surface area contributed by atoms with Crippen molar-refractivity contribution in [1.29, 1.82) is 0 Å². The number of rotatable bonds is 5. The molecule has 0 amide bonds. The van der Waals surface area contributed by atoms with E-state index >= 15 is 0 Å². The Morgan fingerprint density at radius 1 is 1.19 bits per heavy atom. The SMILES string of the molecule is CCCN1CCC(COC2CCC2)CC1.N.[HH]. The molecule has 1 aliphatic carbocycles. The summed E-state index contributed by atoms with van der Waals surface area (Å²) in [6, 6.07) is 0. The molecule has 0 aromatic rings. The number of hydrogen-bond donors (Lipinski definition) is 1. The summed E-state index contributed by atoms with van der Waals surface area (Å²) in [5, 5.41) is 0. The highest BCUT2D eigenvalue weighted by Crippen LogP contribution is 2.24. The lowest BCUT2D eigenvalue weighted by atomic mass is 9.94. The van der Waals surface area contributed by atoms with Crippen LogP contribution in [0.15, 0.2) is 0 Å². The molecule has 2 fully saturated rings. The summed E-state index contributed by atoms with van der Waals surface area (Å²) >= 11 is 0. The average Bonchev–Trinajstić information content (AvgIpc) is 2.19. The molecule has 0 radical (unpaired) electrons. The van der Waals surface area contributed by atoms with Crippen LogP contribution in [0.4, 0.5) is 0 Å². The number of hydrogen-bond acceptors (Lipinski definition) is 3. The van der Waals surface area contributed by atoms with E-state index < -0.39 is 0 Å². The first-order valence-corrected chi connectivity index (χ1v) is 6.72. The molecule has 3 heteroatoms. The topological polar surface area (TPSA) is 47.5 Å². The van der Waals surface area contributed by atoms with E-state index in [0.717, 1.165) is 12.5 Å². The van der Waals surface area contributed by atoms with Crippen molar-refractivity contribution < 1.29 is 6.16 Å². The Hall–Kier alpha value is -0.120. The number of nitrogens with zero attached hydrogens (tertiary/aromatic N) is 1. The minimum absolute atomic E-state index is 0. The van der Waals surface area contributed by atoms with Crippen molar-refractivity contribution in [2.75, 3.05) is 26.2 Å². The van der Waals surface area contributed by atoms with Crippen molar-refractivity contribution in [2.24, 2.45) is 5.92 Å². The summed E-state index contributed by atoms with van der Waals surface area (Å²) in [5.41, 5.74) is 0. The Bertz CT molecular complexity index is 180. The van der Waals surface area contributed by atoms with E-state index in [9.17, 15) is 0 Å². The Labute approximate surface area is 102 Å². The van der Waals surface area contributed by atoms with Crippen LogP contribution in [-0.4, -0.2) is 37.2 Å². The normalized spacial score (nSPS) is 23.8. The maximum Gasteiger partial charge on any atom is 0.0575 e. The smallest absolute Gasteiger partial charge is 0.0575 e. The predicted octanol–water partition coefficient (Wildman–Crippen LogP) is 3.09. The third kappa shape index (κ3) is 4.04. The first kappa shape index (κ1) is 13.9. The van der Waals surface area contributed by atoms with E-state index in [-0.39, 0.29) is 7.58 Å². The fraction of sp³-hybridized carbons (Fsp3) is 1.00. The van der Waals surface area contributed by atoms with Gasteiger partial charge in [-0.05, 0) is 64.1 Å². The molecule has 2 rings (SSSR count). The summed E-state index contributed by atoms with van der Waals surface area (Å²) in [6.45, 7) is 7.19. The molecule has 16 heavy (non-hydrogen) atoms. The van der Waals surface area contributed by atoms with Crippen LogP contribution < -0.4 is 6.15 Å². The molecule has 0 aromatic heterocycles. The highest BCUT2D eigenvalue weighted by molar-refractivity contribution is 4.74. The second kappa shape index (κ2) is 7.25. The van der Waals surface area contributed by atoms with Crippen molar-refractivity contribution in [3.05, 3.63) is 0 Å². The van der Waals surface area contributed by atoms with Gasteiger partial charge in [0.25, 0.3) is 0 Å². The first-order valence-electron chi connectivity index (χ1n) is 6.72. The standard InChI is InChI=1S/C13H25NO.H3N.H2/c1-2-8-14-9-6-12(7-10-14)11-15-13-4-3-5-13;;/h12-13H,2-11H2,1H3;1H3;1H. The van der Waals surface area contributed by atoms with Crippen LogP contribution in [0, 0.1) is 5.92 Å². The zero-order valence-corrected chi connectivity index (χ0v) is 10.8. The Balaban J connectivity index is 0.00000128. The molecule has 0 aromatic carbocycles. The Kier molecular flexibility index (Phi) is 6.32. The van der Waals surface area contributed by atoms with Crippen LogP contribution in [0.5, 0.6) is 0 Å². The van der Waals surface area contributed by atoms with Crippen molar-refractivity contribution in [1.82, 2.24) is 11.1 Å². The monoisotopic (exact) mass is 230 g/mol. The molecule has 0 atom stereocenters. The highest BCUT2D eigenvalue weighted by atomic mass is 16.5. The number of piperidine rings is 1. The van der Waals surface area contributed by atoms with Crippen LogP contribution in [0.2, 0.25) is 0 Å². The van der Waals surface area contributed by atoms with E-state index in [0.29, 0.717) is 6.10 Å². The lowest BCUT2D eigenvalue weighted by Crippen LogP contribution is -2.36. The molecule has 1 saturated heterocycles. The van der Waals surface area contributed by atoms with E-state index in [1.165, 1.54) is 58.2 Å². The predicted molar refractivity (Wildman–Crippen MR) is 70.2 cm³/mol. The van der Waals surface area contributed by atoms with Crippen LogP contribution in [0.1, 0.15) is 46.9 Å².